The number of nitrogen functional groups attached to an aromatic ring is 1. The fourth-order valence-corrected chi connectivity index (χ4v) is 2.57. The van der Waals surface area contributed by atoms with Crippen molar-refractivity contribution in [2.45, 2.75) is 38.3 Å². The average molecular weight is 411 g/mol. The fraction of sp³-hybridized carbons (Fsp3) is 0.300. The van der Waals surface area contributed by atoms with Crippen LogP contribution >= 0.6 is 0 Å². The number of alkyl halides is 3. The normalized spacial score (nSPS) is 11.2. The summed E-state index contributed by atoms with van der Waals surface area (Å²) in [7, 11) is 0. The number of anilines is 3. The molecule has 29 heavy (non-hydrogen) atoms. The summed E-state index contributed by atoms with van der Waals surface area (Å²) >= 11 is 0. The van der Waals surface area contributed by atoms with E-state index >= 15 is 0 Å². The molecule has 2 amide bonds. The van der Waals surface area contributed by atoms with Crippen LogP contribution in [-0.4, -0.2) is 11.8 Å². The summed E-state index contributed by atoms with van der Waals surface area (Å²) in [5.74, 6) is -0.967. The molecule has 0 aliphatic heterocycles. The smallest absolute Gasteiger partial charge is 0.397 e. The van der Waals surface area contributed by atoms with Crippen LogP contribution in [0.2, 0.25) is 0 Å². The minimum absolute atomic E-state index is 0.127. The molecule has 2 aromatic carbocycles. The number of benzene rings is 2. The fourth-order valence-electron chi connectivity index (χ4n) is 2.57. The molecule has 0 atom stereocenters. The summed E-state index contributed by atoms with van der Waals surface area (Å²) in [5, 5.41) is 5.13. The highest BCUT2D eigenvalue weighted by Gasteiger charge is 2.30. The Labute approximate surface area is 165 Å². The highest BCUT2D eigenvalue weighted by Crippen LogP contribution is 2.32. The predicted octanol–water partition coefficient (Wildman–Crippen LogP) is 4.95. The Morgan fingerprint density at radius 1 is 0.862 bits per heavy atom. The van der Waals surface area contributed by atoms with Gasteiger partial charge in [-0.25, -0.2) is 4.39 Å². The Morgan fingerprint density at radius 2 is 1.45 bits per heavy atom. The molecule has 0 aliphatic carbocycles. The quantitative estimate of drug-likeness (QED) is 0.326. The van der Waals surface area contributed by atoms with E-state index in [-0.39, 0.29) is 41.8 Å². The number of hydrogen-bond acceptors (Lipinski definition) is 3. The van der Waals surface area contributed by atoms with Crippen LogP contribution in [-0.2, 0) is 15.8 Å². The number of halogens is 4. The number of amides is 2. The molecule has 0 aliphatic rings. The van der Waals surface area contributed by atoms with Gasteiger partial charge in [-0.2, -0.15) is 13.2 Å². The first kappa shape index (κ1) is 22.2. The maximum atomic E-state index is 12.8. The van der Waals surface area contributed by atoms with Gasteiger partial charge in [0.25, 0.3) is 0 Å². The van der Waals surface area contributed by atoms with Crippen molar-refractivity contribution >= 4 is 28.9 Å². The molecular formula is C20H21F4N3O2. The van der Waals surface area contributed by atoms with Crippen molar-refractivity contribution < 1.29 is 27.2 Å². The van der Waals surface area contributed by atoms with Crippen molar-refractivity contribution in [1.82, 2.24) is 0 Å². The first-order chi connectivity index (χ1) is 13.6. The van der Waals surface area contributed by atoms with Crippen LogP contribution in [0.1, 0.15) is 37.7 Å². The van der Waals surface area contributed by atoms with Crippen molar-refractivity contribution in [2.75, 3.05) is 16.4 Å². The Balaban J connectivity index is 1.67. The summed E-state index contributed by atoms with van der Waals surface area (Å²) in [6.07, 6.45) is -2.41. The van der Waals surface area contributed by atoms with Gasteiger partial charge in [0.05, 0.1) is 16.9 Å². The minimum Gasteiger partial charge on any atom is -0.397 e. The van der Waals surface area contributed by atoms with Crippen molar-refractivity contribution in [1.29, 1.82) is 0 Å². The molecule has 0 unspecified atom stereocenters. The standard InChI is InChI=1S/C20H21F4N3O2/c21-14-7-9-15(10-8-14)26-18(28)4-2-1-3-5-19(29)27-17-11-6-13(12-16(17)25)20(22,23)24/h6-12H,1-5,25H2,(H,26,28)(H,27,29). The largest absolute Gasteiger partial charge is 0.416 e. The van der Waals surface area contributed by atoms with E-state index in [1.165, 1.54) is 24.3 Å². The van der Waals surface area contributed by atoms with Crippen LogP contribution < -0.4 is 16.4 Å². The molecule has 0 bridgehead atoms. The molecule has 0 heterocycles. The van der Waals surface area contributed by atoms with E-state index in [1.807, 2.05) is 0 Å². The van der Waals surface area contributed by atoms with Gasteiger partial charge in [0.1, 0.15) is 5.82 Å². The van der Waals surface area contributed by atoms with E-state index in [0.29, 0.717) is 24.9 Å². The summed E-state index contributed by atoms with van der Waals surface area (Å²) in [6, 6.07) is 8.17. The van der Waals surface area contributed by atoms with Gasteiger partial charge in [-0.1, -0.05) is 6.42 Å². The third kappa shape index (κ3) is 7.44. The molecule has 4 N–H and O–H groups in total. The second-order valence-corrected chi connectivity index (χ2v) is 6.46. The second kappa shape index (κ2) is 9.90. The zero-order valence-corrected chi connectivity index (χ0v) is 15.5. The number of rotatable bonds is 8. The van der Waals surface area contributed by atoms with Gasteiger partial charge in [-0.15, -0.1) is 0 Å². The van der Waals surface area contributed by atoms with Gasteiger partial charge in [0.15, 0.2) is 0 Å². The molecule has 0 fully saturated rings. The number of carbonyl (C=O) groups is 2. The Kier molecular flexibility index (Phi) is 7.58. The summed E-state index contributed by atoms with van der Waals surface area (Å²) < 4.78 is 50.6. The van der Waals surface area contributed by atoms with Gasteiger partial charge < -0.3 is 16.4 Å². The maximum Gasteiger partial charge on any atom is 0.416 e. The van der Waals surface area contributed by atoms with Crippen molar-refractivity contribution in [3.05, 3.63) is 53.8 Å². The van der Waals surface area contributed by atoms with Gasteiger partial charge in [0.2, 0.25) is 11.8 Å². The number of nitrogens with two attached hydrogens (primary N) is 1. The van der Waals surface area contributed by atoms with Crippen LogP contribution in [0, 0.1) is 5.82 Å². The van der Waals surface area contributed by atoms with Crippen LogP contribution in [0.3, 0.4) is 0 Å². The van der Waals surface area contributed by atoms with E-state index in [0.717, 1.165) is 18.2 Å². The second-order valence-electron chi connectivity index (χ2n) is 6.46. The van der Waals surface area contributed by atoms with E-state index in [2.05, 4.69) is 10.6 Å². The van der Waals surface area contributed by atoms with Crippen molar-refractivity contribution in [3.8, 4) is 0 Å². The summed E-state index contributed by atoms with van der Waals surface area (Å²) in [5.41, 5.74) is 5.15. The van der Waals surface area contributed by atoms with E-state index in [4.69, 9.17) is 5.73 Å². The highest BCUT2D eigenvalue weighted by atomic mass is 19.4. The van der Waals surface area contributed by atoms with E-state index in [9.17, 15) is 27.2 Å². The van der Waals surface area contributed by atoms with E-state index < -0.39 is 11.7 Å². The average Bonchev–Trinajstić information content (AvgIpc) is 2.64. The lowest BCUT2D eigenvalue weighted by Gasteiger charge is -2.12. The Morgan fingerprint density at radius 3 is 2.00 bits per heavy atom. The lowest BCUT2D eigenvalue weighted by atomic mass is 10.1. The van der Waals surface area contributed by atoms with Gasteiger partial charge in [-0.3, -0.25) is 9.59 Å². The zero-order chi connectivity index (χ0) is 21.4. The maximum absolute atomic E-state index is 12.8. The lowest BCUT2D eigenvalue weighted by Crippen LogP contribution is -2.14. The first-order valence-electron chi connectivity index (χ1n) is 8.97. The van der Waals surface area contributed by atoms with Crippen LogP contribution in [0.25, 0.3) is 0 Å². The van der Waals surface area contributed by atoms with Crippen LogP contribution in [0.15, 0.2) is 42.5 Å². The van der Waals surface area contributed by atoms with Crippen LogP contribution in [0.5, 0.6) is 0 Å². The van der Waals surface area contributed by atoms with Gasteiger partial charge >= 0.3 is 6.18 Å². The monoisotopic (exact) mass is 411 g/mol. The third-order valence-electron chi connectivity index (χ3n) is 4.09. The number of hydrogen-bond donors (Lipinski definition) is 3. The highest BCUT2D eigenvalue weighted by molar-refractivity contribution is 5.94. The molecule has 9 heteroatoms. The Bertz CT molecular complexity index is 852. The topological polar surface area (TPSA) is 84.2 Å². The first-order valence-corrected chi connectivity index (χ1v) is 8.97. The Hall–Kier alpha value is -3.10. The lowest BCUT2D eigenvalue weighted by molar-refractivity contribution is -0.137. The molecule has 0 saturated heterocycles. The summed E-state index contributed by atoms with van der Waals surface area (Å²) in [4.78, 5) is 23.7. The predicted molar refractivity (Wildman–Crippen MR) is 103 cm³/mol. The van der Waals surface area contributed by atoms with Crippen molar-refractivity contribution in [2.24, 2.45) is 0 Å². The minimum atomic E-state index is -4.50. The van der Waals surface area contributed by atoms with E-state index in [1.54, 1.807) is 0 Å². The third-order valence-corrected chi connectivity index (χ3v) is 4.09. The van der Waals surface area contributed by atoms with Crippen LogP contribution in [0.4, 0.5) is 34.6 Å². The van der Waals surface area contributed by atoms with Gasteiger partial charge in [-0.05, 0) is 55.3 Å². The molecule has 156 valence electrons. The number of nitrogens with one attached hydrogen (secondary N) is 2. The number of unbranched alkanes of at least 4 members (excludes halogenated alkanes) is 2. The molecule has 2 aromatic rings. The summed E-state index contributed by atoms with van der Waals surface area (Å²) in [6.45, 7) is 0. The molecule has 5 nitrogen and oxygen atoms in total. The molecular weight excluding hydrogens is 390 g/mol. The van der Waals surface area contributed by atoms with Gasteiger partial charge in [0, 0.05) is 18.5 Å². The molecule has 0 spiro atoms. The molecule has 0 aromatic heterocycles. The molecule has 0 radical (unpaired) electrons. The molecule has 0 saturated carbocycles. The van der Waals surface area contributed by atoms with Crippen molar-refractivity contribution in [3.63, 3.8) is 0 Å². The number of carbonyl (C=O) groups excluding carboxylic acids is 2. The SMILES string of the molecule is Nc1cc(C(F)(F)F)ccc1NC(=O)CCCCCC(=O)Nc1ccc(F)cc1. The zero-order valence-electron chi connectivity index (χ0n) is 15.5. The molecule has 2 rings (SSSR count).